The number of rotatable bonds is 5. The van der Waals surface area contributed by atoms with Crippen molar-refractivity contribution in [1.29, 1.82) is 0 Å². The average Bonchev–Trinajstić information content (AvgIpc) is 3.66. The van der Waals surface area contributed by atoms with E-state index in [-0.39, 0.29) is 6.04 Å². The number of hydrogen-bond acceptors (Lipinski definition) is 7. The minimum atomic E-state index is 0.193. The van der Waals surface area contributed by atoms with Gasteiger partial charge in [-0.2, -0.15) is 4.98 Å². The highest BCUT2D eigenvalue weighted by molar-refractivity contribution is 7.15. The van der Waals surface area contributed by atoms with Crippen LogP contribution < -0.4 is 10.6 Å². The fourth-order valence-corrected chi connectivity index (χ4v) is 5.54. The Morgan fingerprint density at radius 2 is 1.41 bits per heavy atom. The molecule has 2 atom stereocenters. The summed E-state index contributed by atoms with van der Waals surface area (Å²) in [5.41, 5.74) is 4.54. The molecule has 2 aromatic carbocycles. The second kappa shape index (κ2) is 8.58. The summed E-state index contributed by atoms with van der Waals surface area (Å²) < 4.78 is 5.48. The molecule has 2 N–H and O–H groups in total. The topological polar surface area (TPSA) is 75.9 Å². The van der Waals surface area contributed by atoms with E-state index < -0.39 is 0 Å². The molecule has 6 rings (SSSR count). The molecular weight excluding hydrogens is 418 g/mol. The first-order chi connectivity index (χ1) is 15.8. The monoisotopic (exact) mass is 443 g/mol. The largest absolute Gasteiger partial charge is 0.337 e. The minimum absolute atomic E-state index is 0.193. The predicted molar refractivity (Wildman–Crippen MR) is 126 cm³/mol. The standard InChI is InChI=1S/C25H25N5OS/c1-3-20(26-13-1)24-29-23(30-31-24)19-11-7-17(8-12-19)16-5-9-18(10-6-16)22-15-28-25(32-22)21-4-2-14-27-21/h5-12,15,20-21,26-27H,1-4,13-14H2. The first-order valence-electron chi connectivity index (χ1n) is 11.3. The van der Waals surface area contributed by atoms with E-state index in [0.29, 0.717) is 17.8 Å². The van der Waals surface area contributed by atoms with Gasteiger partial charge in [-0.15, -0.1) is 11.3 Å². The van der Waals surface area contributed by atoms with Gasteiger partial charge in [-0.1, -0.05) is 53.7 Å². The number of benzene rings is 2. The van der Waals surface area contributed by atoms with Crippen LogP contribution in [-0.2, 0) is 0 Å². The lowest BCUT2D eigenvalue weighted by Gasteiger charge is -2.05. The zero-order valence-electron chi connectivity index (χ0n) is 17.8. The van der Waals surface area contributed by atoms with Crippen LogP contribution in [0.2, 0.25) is 0 Å². The van der Waals surface area contributed by atoms with Crippen LogP contribution in [0.5, 0.6) is 0 Å². The van der Waals surface area contributed by atoms with Crippen molar-refractivity contribution in [1.82, 2.24) is 25.8 Å². The van der Waals surface area contributed by atoms with Crippen LogP contribution in [0.3, 0.4) is 0 Å². The average molecular weight is 444 g/mol. The first kappa shape index (κ1) is 19.8. The number of nitrogens with zero attached hydrogens (tertiary/aromatic N) is 3. The lowest BCUT2D eigenvalue weighted by Crippen LogP contribution is -2.12. The van der Waals surface area contributed by atoms with Crippen molar-refractivity contribution < 1.29 is 4.52 Å². The highest BCUT2D eigenvalue weighted by Crippen LogP contribution is 2.34. The molecule has 2 aliphatic rings. The van der Waals surface area contributed by atoms with Crippen LogP contribution in [0, 0.1) is 0 Å². The van der Waals surface area contributed by atoms with Gasteiger partial charge >= 0.3 is 0 Å². The Kier molecular flexibility index (Phi) is 5.30. The van der Waals surface area contributed by atoms with Gasteiger partial charge in [-0.05, 0) is 55.5 Å². The summed E-state index contributed by atoms with van der Waals surface area (Å²) >= 11 is 1.79. The summed E-state index contributed by atoms with van der Waals surface area (Å²) in [5, 5.41) is 12.3. The molecule has 2 aromatic heterocycles. The SMILES string of the molecule is c1cc(-c2noc(C3CCCN3)n2)ccc1-c1ccc(-c2cnc(C3CCCN3)s2)cc1. The van der Waals surface area contributed by atoms with Crippen molar-refractivity contribution in [2.75, 3.05) is 13.1 Å². The van der Waals surface area contributed by atoms with E-state index in [4.69, 9.17) is 4.52 Å². The fourth-order valence-electron chi connectivity index (χ4n) is 4.51. The zero-order chi connectivity index (χ0) is 21.3. The quantitative estimate of drug-likeness (QED) is 0.432. The Bertz CT molecular complexity index is 1090. The summed E-state index contributed by atoms with van der Waals surface area (Å²) in [6.45, 7) is 2.11. The van der Waals surface area contributed by atoms with E-state index in [9.17, 15) is 0 Å². The molecule has 7 heteroatoms. The number of hydrogen-bond donors (Lipinski definition) is 2. The Balaban J connectivity index is 1.17. The van der Waals surface area contributed by atoms with E-state index in [1.54, 1.807) is 11.3 Å². The third-order valence-corrected chi connectivity index (χ3v) is 7.49. The van der Waals surface area contributed by atoms with Gasteiger partial charge in [0, 0.05) is 11.8 Å². The summed E-state index contributed by atoms with van der Waals surface area (Å²) in [5.74, 6) is 1.33. The number of aromatic nitrogens is 3. The van der Waals surface area contributed by atoms with Crippen LogP contribution >= 0.6 is 11.3 Å². The Labute approximate surface area is 191 Å². The second-order valence-corrected chi connectivity index (χ2v) is 9.53. The molecule has 2 saturated heterocycles. The van der Waals surface area contributed by atoms with E-state index in [1.165, 1.54) is 39.4 Å². The van der Waals surface area contributed by atoms with Crippen molar-refractivity contribution in [2.45, 2.75) is 37.8 Å². The lowest BCUT2D eigenvalue weighted by molar-refractivity contribution is 0.345. The molecule has 4 aromatic rings. The van der Waals surface area contributed by atoms with Crippen molar-refractivity contribution in [3.8, 4) is 33.0 Å². The maximum Gasteiger partial charge on any atom is 0.244 e. The summed E-state index contributed by atoms with van der Waals surface area (Å²) in [6, 6.07) is 17.7. The van der Waals surface area contributed by atoms with E-state index in [2.05, 4.69) is 74.3 Å². The third-order valence-electron chi connectivity index (χ3n) is 6.33. The molecule has 6 nitrogen and oxygen atoms in total. The molecule has 0 amide bonds. The molecule has 2 fully saturated rings. The lowest BCUT2D eigenvalue weighted by atomic mass is 10.0. The van der Waals surface area contributed by atoms with Gasteiger partial charge in [0.1, 0.15) is 5.01 Å². The predicted octanol–water partition coefficient (Wildman–Crippen LogP) is 5.38. The van der Waals surface area contributed by atoms with Crippen molar-refractivity contribution >= 4 is 11.3 Å². The van der Waals surface area contributed by atoms with E-state index in [0.717, 1.165) is 31.5 Å². The van der Waals surface area contributed by atoms with Crippen molar-refractivity contribution in [3.63, 3.8) is 0 Å². The highest BCUT2D eigenvalue weighted by atomic mass is 32.1. The smallest absolute Gasteiger partial charge is 0.244 e. The zero-order valence-corrected chi connectivity index (χ0v) is 18.6. The normalized spacial score (nSPS) is 20.8. The van der Waals surface area contributed by atoms with Gasteiger partial charge in [-0.25, -0.2) is 4.98 Å². The Hall–Kier alpha value is -2.87. The second-order valence-electron chi connectivity index (χ2n) is 8.47. The van der Waals surface area contributed by atoms with Crippen molar-refractivity contribution in [2.24, 2.45) is 0 Å². The van der Waals surface area contributed by atoms with Crippen LogP contribution in [0.4, 0.5) is 0 Å². The number of thiazole rings is 1. The molecule has 2 aliphatic heterocycles. The minimum Gasteiger partial charge on any atom is -0.337 e. The highest BCUT2D eigenvalue weighted by Gasteiger charge is 2.23. The van der Waals surface area contributed by atoms with E-state index in [1.807, 2.05) is 6.20 Å². The van der Waals surface area contributed by atoms with Gasteiger partial charge in [0.2, 0.25) is 11.7 Å². The maximum atomic E-state index is 5.48. The molecule has 4 heterocycles. The molecule has 0 aliphatic carbocycles. The third kappa shape index (κ3) is 3.88. The molecular formula is C25H25N5OS. The summed E-state index contributed by atoms with van der Waals surface area (Å²) in [6.07, 6.45) is 6.63. The van der Waals surface area contributed by atoms with Gasteiger partial charge in [0.25, 0.3) is 0 Å². The molecule has 2 unspecified atom stereocenters. The van der Waals surface area contributed by atoms with Crippen LogP contribution in [0.15, 0.2) is 59.3 Å². The molecule has 162 valence electrons. The van der Waals surface area contributed by atoms with Crippen LogP contribution in [0.25, 0.3) is 33.0 Å². The summed E-state index contributed by atoms with van der Waals surface area (Å²) in [4.78, 5) is 10.5. The first-order valence-corrected chi connectivity index (χ1v) is 12.1. The summed E-state index contributed by atoms with van der Waals surface area (Å²) in [7, 11) is 0. The van der Waals surface area contributed by atoms with Crippen LogP contribution in [-0.4, -0.2) is 28.2 Å². The van der Waals surface area contributed by atoms with E-state index >= 15 is 0 Å². The molecule has 0 bridgehead atoms. The molecule has 0 radical (unpaired) electrons. The molecule has 0 saturated carbocycles. The Morgan fingerprint density at radius 1 is 0.781 bits per heavy atom. The van der Waals surface area contributed by atoms with Gasteiger partial charge < -0.3 is 15.2 Å². The van der Waals surface area contributed by atoms with Gasteiger partial charge in [0.15, 0.2) is 0 Å². The Morgan fingerprint density at radius 3 is 2.06 bits per heavy atom. The maximum absolute atomic E-state index is 5.48. The fraction of sp³-hybridized carbons (Fsp3) is 0.320. The molecule has 32 heavy (non-hydrogen) atoms. The van der Waals surface area contributed by atoms with Gasteiger partial charge in [0.05, 0.1) is 17.0 Å². The number of nitrogens with one attached hydrogen (secondary N) is 2. The van der Waals surface area contributed by atoms with Gasteiger partial charge in [-0.3, -0.25) is 0 Å². The van der Waals surface area contributed by atoms with Crippen LogP contribution in [0.1, 0.15) is 48.7 Å². The molecule has 0 spiro atoms. The van der Waals surface area contributed by atoms with Crippen molar-refractivity contribution in [3.05, 3.63) is 65.6 Å².